The van der Waals surface area contributed by atoms with Gasteiger partial charge in [-0.3, -0.25) is 9.59 Å². The number of Topliss-reactive ketones (excluding diaryl/α,β-unsaturated/α-hetero) is 2. The van der Waals surface area contributed by atoms with Crippen LogP contribution in [-0.4, -0.2) is 30.1 Å². The minimum absolute atomic E-state index is 0.145. The fraction of sp³-hybridized carbons (Fsp3) is 0.400. The van der Waals surface area contributed by atoms with Crippen molar-refractivity contribution >= 4 is 27.5 Å². The molecule has 6 heteroatoms. The highest BCUT2D eigenvalue weighted by atomic mass is 79.9. The van der Waals surface area contributed by atoms with Crippen molar-refractivity contribution in [1.29, 1.82) is 0 Å². The SMILES string of the molecule is CCOc1cc(C2C3=C(CCCC3=O)N(C)C3=C2C(=O)CCC3)cc(Br)c1OCc1cccc(C)c1. The number of aryl methyl sites for hydroxylation is 1. The Bertz CT molecular complexity index is 1250. The second-order valence-corrected chi connectivity index (χ2v) is 10.7. The first-order valence-electron chi connectivity index (χ1n) is 12.8. The zero-order valence-corrected chi connectivity index (χ0v) is 22.7. The van der Waals surface area contributed by atoms with E-state index in [0.29, 0.717) is 37.6 Å². The Morgan fingerprint density at radius 1 is 0.944 bits per heavy atom. The Balaban J connectivity index is 1.60. The van der Waals surface area contributed by atoms with Gasteiger partial charge in [-0.05, 0) is 78.7 Å². The van der Waals surface area contributed by atoms with Crippen LogP contribution in [0.5, 0.6) is 11.5 Å². The molecule has 0 spiro atoms. The van der Waals surface area contributed by atoms with Crippen LogP contribution < -0.4 is 9.47 Å². The lowest BCUT2D eigenvalue weighted by Crippen LogP contribution is -2.37. The maximum absolute atomic E-state index is 13.3. The summed E-state index contributed by atoms with van der Waals surface area (Å²) in [4.78, 5) is 28.7. The van der Waals surface area contributed by atoms with Crippen LogP contribution in [0.2, 0.25) is 0 Å². The summed E-state index contributed by atoms with van der Waals surface area (Å²) in [5.74, 6) is 1.17. The number of benzene rings is 2. The molecule has 0 bridgehead atoms. The second-order valence-electron chi connectivity index (χ2n) is 9.81. The number of nitrogens with zero attached hydrogens (tertiary/aromatic N) is 1. The average Bonchev–Trinajstić information content (AvgIpc) is 2.85. The van der Waals surface area contributed by atoms with Gasteiger partial charge in [0.2, 0.25) is 0 Å². The molecule has 5 nitrogen and oxygen atoms in total. The third kappa shape index (κ3) is 4.52. The fourth-order valence-corrected chi connectivity index (χ4v) is 6.38. The van der Waals surface area contributed by atoms with Crippen LogP contribution in [0.3, 0.4) is 0 Å². The van der Waals surface area contributed by atoms with E-state index in [0.717, 1.165) is 63.8 Å². The number of ether oxygens (including phenoxy) is 2. The lowest BCUT2D eigenvalue weighted by atomic mass is 9.71. The molecular formula is C30H32BrNO4. The molecule has 0 saturated heterocycles. The Morgan fingerprint density at radius 3 is 2.22 bits per heavy atom. The first-order chi connectivity index (χ1) is 17.4. The molecule has 0 saturated carbocycles. The van der Waals surface area contributed by atoms with Crippen LogP contribution in [0.1, 0.15) is 68.1 Å². The quantitative estimate of drug-likeness (QED) is 0.397. The molecule has 36 heavy (non-hydrogen) atoms. The van der Waals surface area contributed by atoms with E-state index in [4.69, 9.17) is 9.47 Å². The number of hydrogen-bond acceptors (Lipinski definition) is 5. The van der Waals surface area contributed by atoms with E-state index in [-0.39, 0.29) is 17.5 Å². The summed E-state index contributed by atoms with van der Waals surface area (Å²) in [6.45, 7) is 4.89. The molecule has 0 atom stereocenters. The molecule has 0 fully saturated rings. The van der Waals surface area contributed by atoms with E-state index in [1.165, 1.54) is 5.56 Å². The van der Waals surface area contributed by atoms with Crippen LogP contribution in [0, 0.1) is 6.92 Å². The summed E-state index contributed by atoms with van der Waals surface area (Å²) in [5.41, 5.74) is 6.85. The molecular weight excluding hydrogens is 518 g/mol. The van der Waals surface area contributed by atoms with Crippen LogP contribution in [-0.2, 0) is 16.2 Å². The summed E-state index contributed by atoms with van der Waals surface area (Å²) >= 11 is 3.72. The molecule has 2 aromatic carbocycles. The topological polar surface area (TPSA) is 55.8 Å². The molecule has 3 aliphatic rings. The molecule has 0 amide bonds. The predicted molar refractivity (Wildman–Crippen MR) is 143 cm³/mol. The van der Waals surface area contributed by atoms with Gasteiger partial charge in [-0.2, -0.15) is 0 Å². The van der Waals surface area contributed by atoms with Crippen molar-refractivity contribution < 1.29 is 19.1 Å². The summed E-state index contributed by atoms with van der Waals surface area (Å²) in [7, 11) is 2.02. The smallest absolute Gasteiger partial charge is 0.175 e. The van der Waals surface area contributed by atoms with Crippen molar-refractivity contribution in [1.82, 2.24) is 4.90 Å². The molecule has 0 radical (unpaired) electrons. The number of halogens is 1. The predicted octanol–water partition coefficient (Wildman–Crippen LogP) is 6.78. The minimum atomic E-state index is -0.367. The first-order valence-corrected chi connectivity index (χ1v) is 13.6. The summed E-state index contributed by atoms with van der Waals surface area (Å²) in [5, 5.41) is 0. The lowest BCUT2D eigenvalue weighted by Gasteiger charge is -2.42. The van der Waals surface area contributed by atoms with Crippen molar-refractivity contribution in [3.05, 3.63) is 80.1 Å². The van der Waals surface area contributed by atoms with Gasteiger partial charge in [0, 0.05) is 48.3 Å². The number of carbonyl (C=O) groups excluding carboxylic acids is 2. The standard InChI is InChI=1S/C30H32BrNO4/c1-4-35-26-16-20(15-21(31)30(26)36-17-19-9-5-8-18(2)14-19)27-28-22(10-6-12-24(28)33)32(3)23-11-7-13-25(34)29(23)27/h5,8-9,14-16,27H,4,6-7,10-13,17H2,1-3H3. The number of carbonyl (C=O) groups is 2. The molecule has 0 N–H and O–H groups in total. The van der Waals surface area contributed by atoms with Crippen LogP contribution in [0.15, 0.2) is 63.4 Å². The van der Waals surface area contributed by atoms with E-state index in [1.54, 1.807) is 0 Å². The van der Waals surface area contributed by atoms with Gasteiger partial charge < -0.3 is 14.4 Å². The normalized spacial score (nSPS) is 18.4. The highest BCUT2D eigenvalue weighted by molar-refractivity contribution is 9.10. The highest BCUT2D eigenvalue weighted by Crippen LogP contribution is 2.50. The first kappa shape index (κ1) is 24.8. The monoisotopic (exact) mass is 549 g/mol. The van der Waals surface area contributed by atoms with Gasteiger partial charge in [0.25, 0.3) is 0 Å². The number of rotatable bonds is 6. The minimum Gasteiger partial charge on any atom is -0.490 e. The third-order valence-corrected chi connectivity index (χ3v) is 7.96. The lowest BCUT2D eigenvalue weighted by molar-refractivity contribution is -0.117. The number of ketones is 2. The molecule has 1 heterocycles. The highest BCUT2D eigenvalue weighted by Gasteiger charge is 2.42. The molecule has 5 rings (SSSR count). The van der Waals surface area contributed by atoms with Crippen molar-refractivity contribution in [2.24, 2.45) is 0 Å². The van der Waals surface area contributed by atoms with Crippen molar-refractivity contribution in [2.45, 2.75) is 64.9 Å². The van der Waals surface area contributed by atoms with Gasteiger partial charge >= 0.3 is 0 Å². The van der Waals surface area contributed by atoms with E-state index in [2.05, 4.69) is 39.9 Å². The Kier molecular flexibility index (Phi) is 7.07. The maximum Gasteiger partial charge on any atom is 0.175 e. The molecule has 2 aliphatic carbocycles. The number of allylic oxidation sites excluding steroid dienone is 4. The molecule has 1 aliphatic heterocycles. The molecule has 188 valence electrons. The molecule has 0 aromatic heterocycles. The van der Waals surface area contributed by atoms with Gasteiger partial charge in [0.05, 0.1) is 11.1 Å². The Labute approximate surface area is 221 Å². The summed E-state index contributed by atoms with van der Waals surface area (Å²) in [6.07, 6.45) is 4.47. The largest absolute Gasteiger partial charge is 0.490 e. The van der Waals surface area contributed by atoms with E-state index >= 15 is 0 Å². The van der Waals surface area contributed by atoms with Crippen LogP contribution >= 0.6 is 15.9 Å². The van der Waals surface area contributed by atoms with E-state index in [1.807, 2.05) is 38.2 Å². The maximum atomic E-state index is 13.3. The third-order valence-electron chi connectivity index (χ3n) is 7.38. The van der Waals surface area contributed by atoms with E-state index in [9.17, 15) is 9.59 Å². The zero-order valence-electron chi connectivity index (χ0n) is 21.2. The van der Waals surface area contributed by atoms with Crippen molar-refractivity contribution in [3.63, 3.8) is 0 Å². The van der Waals surface area contributed by atoms with Gasteiger partial charge in [-0.15, -0.1) is 0 Å². The van der Waals surface area contributed by atoms with Crippen LogP contribution in [0.25, 0.3) is 0 Å². The number of hydrogen-bond donors (Lipinski definition) is 0. The molecule has 0 unspecified atom stereocenters. The van der Waals surface area contributed by atoms with Gasteiger partial charge in [0.1, 0.15) is 6.61 Å². The van der Waals surface area contributed by atoms with Crippen LogP contribution in [0.4, 0.5) is 0 Å². The van der Waals surface area contributed by atoms with Gasteiger partial charge in [0.15, 0.2) is 23.1 Å². The Morgan fingerprint density at radius 2 is 1.61 bits per heavy atom. The molecule has 2 aromatic rings. The second kappa shape index (κ2) is 10.3. The Hall–Kier alpha value is -2.86. The van der Waals surface area contributed by atoms with Gasteiger partial charge in [-0.25, -0.2) is 0 Å². The average molecular weight is 550 g/mol. The van der Waals surface area contributed by atoms with E-state index < -0.39 is 0 Å². The summed E-state index contributed by atoms with van der Waals surface area (Å²) in [6, 6.07) is 12.2. The van der Waals surface area contributed by atoms with Crippen molar-refractivity contribution in [3.8, 4) is 11.5 Å². The van der Waals surface area contributed by atoms with Gasteiger partial charge in [-0.1, -0.05) is 29.8 Å². The fourth-order valence-electron chi connectivity index (χ4n) is 5.80. The summed E-state index contributed by atoms with van der Waals surface area (Å²) < 4.78 is 13.0. The van der Waals surface area contributed by atoms with Crippen molar-refractivity contribution in [2.75, 3.05) is 13.7 Å². The zero-order chi connectivity index (χ0) is 25.4.